The Morgan fingerprint density at radius 2 is 1.84 bits per heavy atom. The van der Waals surface area contributed by atoms with Gasteiger partial charge < -0.3 is 15.2 Å². The molecular weight excluding hydrogens is 262 g/mol. The molecule has 0 radical (unpaired) electrons. The number of fused-ring (bicyclic) bond motifs is 1. The van der Waals surface area contributed by atoms with E-state index in [0.29, 0.717) is 16.7 Å². The first-order valence-electron chi connectivity index (χ1n) is 6.94. The fraction of sp³-hybridized carbons (Fsp3) is 0.600. The van der Waals surface area contributed by atoms with E-state index in [2.05, 4.69) is 13.8 Å². The molecule has 0 spiro atoms. The summed E-state index contributed by atoms with van der Waals surface area (Å²) in [5, 5.41) is 0.614. The average Bonchev–Trinajstić information content (AvgIpc) is 2.97. The highest BCUT2D eigenvalue weighted by Gasteiger charge is 2.37. The van der Waals surface area contributed by atoms with Gasteiger partial charge >= 0.3 is 0 Å². The van der Waals surface area contributed by atoms with Crippen molar-refractivity contribution in [1.82, 2.24) is 0 Å². The number of hydrogen-bond donors (Lipinski definition) is 1. The highest BCUT2D eigenvalue weighted by atomic mass is 35.5. The number of rotatable bonds is 2. The Morgan fingerprint density at radius 3 is 2.47 bits per heavy atom. The molecule has 0 unspecified atom stereocenters. The van der Waals surface area contributed by atoms with Crippen LogP contribution in [0.4, 0.5) is 0 Å². The molecule has 1 fully saturated rings. The van der Waals surface area contributed by atoms with Crippen molar-refractivity contribution < 1.29 is 9.47 Å². The third-order valence-electron chi connectivity index (χ3n) is 4.25. The van der Waals surface area contributed by atoms with Crippen LogP contribution in [0.25, 0.3) is 0 Å². The summed E-state index contributed by atoms with van der Waals surface area (Å²) in [5.74, 6) is 1.81. The Kier molecular flexibility index (Phi) is 3.14. The van der Waals surface area contributed by atoms with Gasteiger partial charge in [-0.25, -0.2) is 0 Å². The van der Waals surface area contributed by atoms with Gasteiger partial charge in [-0.15, -0.1) is 0 Å². The van der Waals surface area contributed by atoms with E-state index in [9.17, 15) is 0 Å². The lowest BCUT2D eigenvalue weighted by atomic mass is 9.82. The Labute approximate surface area is 119 Å². The summed E-state index contributed by atoms with van der Waals surface area (Å²) < 4.78 is 11.1. The van der Waals surface area contributed by atoms with E-state index in [1.54, 1.807) is 0 Å². The van der Waals surface area contributed by atoms with Gasteiger partial charge in [0.2, 0.25) is 6.79 Å². The zero-order chi connectivity index (χ0) is 13.6. The molecule has 0 saturated heterocycles. The number of hydrogen-bond acceptors (Lipinski definition) is 3. The van der Waals surface area contributed by atoms with Gasteiger partial charge in [0.15, 0.2) is 11.5 Å². The van der Waals surface area contributed by atoms with Gasteiger partial charge in [0, 0.05) is 11.1 Å². The monoisotopic (exact) mass is 281 g/mol. The van der Waals surface area contributed by atoms with Crippen LogP contribution in [-0.4, -0.2) is 6.79 Å². The zero-order valence-electron chi connectivity index (χ0n) is 11.5. The van der Waals surface area contributed by atoms with E-state index in [-0.39, 0.29) is 12.3 Å². The lowest BCUT2D eigenvalue weighted by Gasteiger charge is -2.29. The predicted molar refractivity (Wildman–Crippen MR) is 76.0 cm³/mol. The minimum Gasteiger partial charge on any atom is -0.453 e. The molecular formula is C15H20ClNO2. The second-order valence-electron chi connectivity index (χ2n) is 5.90. The van der Waals surface area contributed by atoms with Gasteiger partial charge in [-0.05, 0) is 30.4 Å². The van der Waals surface area contributed by atoms with Gasteiger partial charge in [0.1, 0.15) is 0 Å². The smallest absolute Gasteiger partial charge is 0.231 e. The van der Waals surface area contributed by atoms with E-state index in [1.165, 1.54) is 18.4 Å². The van der Waals surface area contributed by atoms with E-state index in [4.69, 9.17) is 26.8 Å². The Hall–Kier alpha value is -0.930. The molecule has 0 aromatic heterocycles. The highest BCUT2D eigenvalue weighted by molar-refractivity contribution is 6.32. The fourth-order valence-corrected chi connectivity index (χ4v) is 3.56. The van der Waals surface area contributed by atoms with E-state index in [1.807, 2.05) is 6.07 Å². The van der Waals surface area contributed by atoms with Gasteiger partial charge in [-0.3, -0.25) is 0 Å². The van der Waals surface area contributed by atoms with Gasteiger partial charge in [0.05, 0.1) is 5.02 Å². The van der Waals surface area contributed by atoms with Crippen LogP contribution in [0.1, 0.15) is 56.6 Å². The maximum atomic E-state index is 6.63. The number of benzene rings is 1. The minimum atomic E-state index is -0.260. The van der Waals surface area contributed by atoms with Gasteiger partial charge in [-0.1, -0.05) is 38.3 Å². The van der Waals surface area contributed by atoms with Gasteiger partial charge in [0.25, 0.3) is 0 Å². The van der Waals surface area contributed by atoms with Crippen LogP contribution in [0.15, 0.2) is 6.07 Å². The van der Waals surface area contributed by atoms with Crippen LogP contribution in [0.2, 0.25) is 5.02 Å². The Balaban J connectivity index is 2.21. The second-order valence-corrected chi connectivity index (χ2v) is 6.31. The van der Waals surface area contributed by atoms with Crippen molar-refractivity contribution in [2.75, 3.05) is 6.79 Å². The van der Waals surface area contributed by atoms with Crippen molar-refractivity contribution in [3.8, 4) is 11.5 Å². The van der Waals surface area contributed by atoms with Crippen LogP contribution >= 0.6 is 11.6 Å². The highest BCUT2D eigenvalue weighted by Crippen LogP contribution is 2.50. The summed E-state index contributed by atoms with van der Waals surface area (Å²) in [5.41, 5.74) is 8.68. The predicted octanol–water partition coefficient (Wildman–Crippen LogP) is 3.92. The molecule has 2 N–H and O–H groups in total. The van der Waals surface area contributed by atoms with Crippen molar-refractivity contribution in [3.05, 3.63) is 22.2 Å². The molecule has 19 heavy (non-hydrogen) atoms. The molecule has 1 aliphatic heterocycles. The Bertz CT molecular complexity index is 507. The summed E-state index contributed by atoms with van der Waals surface area (Å²) in [6.45, 7) is 4.57. The summed E-state index contributed by atoms with van der Waals surface area (Å²) in [6.07, 6.45) is 4.39. The quantitative estimate of drug-likeness (QED) is 0.893. The first-order chi connectivity index (χ1) is 9.03. The van der Waals surface area contributed by atoms with E-state index < -0.39 is 0 Å². The first-order valence-corrected chi connectivity index (χ1v) is 7.32. The largest absolute Gasteiger partial charge is 0.453 e. The molecule has 4 heteroatoms. The average molecular weight is 282 g/mol. The third-order valence-corrected chi connectivity index (χ3v) is 4.53. The topological polar surface area (TPSA) is 44.5 Å². The summed E-state index contributed by atoms with van der Waals surface area (Å²) in [4.78, 5) is 0. The number of nitrogens with two attached hydrogens (primary N) is 1. The molecule has 1 saturated carbocycles. The van der Waals surface area contributed by atoms with Crippen molar-refractivity contribution >= 4 is 11.6 Å². The van der Waals surface area contributed by atoms with Crippen LogP contribution in [0.5, 0.6) is 11.5 Å². The van der Waals surface area contributed by atoms with Crippen LogP contribution in [-0.2, 0) is 5.54 Å². The normalized spacial score (nSPS) is 20.3. The SMILES string of the molecule is CC(C)c1c(C2(N)CCCC2)cc(Cl)c2c1OCO2. The Morgan fingerprint density at radius 1 is 1.21 bits per heavy atom. The lowest BCUT2D eigenvalue weighted by Crippen LogP contribution is -2.34. The zero-order valence-corrected chi connectivity index (χ0v) is 12.2. The van der Waals surface area contributed by atoms with Crippen LogP contribution < -0.4 is 15.2 Å². The molecule has 0 atom stereocenters. The maximum absolute atomic E-state index is 6.63. The first kappa shape index (κ1) is 13.1. The second kappa shape index (κ2) is 4.57. The molecule has 1 aromatic carbocycles. The van der Waals surface area contributed by atoms with E-state index in [0.717, 1.165) is 24.2 Å². The molecule has 2 aliphatic rings. The number of halogens is 1. The molecule has 3 nitrogen and oxygen atoms in total. The van der Waals surface area contributed by atoms with E-state index >= 15 is 0 Å². The van der Waals surface area contributed by atoms with Crippen LogP contribution in [0, 0.1) is 0 Å². The molecule has 0 bridgehead atoms. The summed E-state index contributed by atoms with van der Waals surface area (Å²) in [7, 11) is 0. The minimum absolute atomic E-state index is 0.246. The molecule has 104 valence electrons. The maximum Gasteiger partial charge on any atom is 0.231 e. The van der Waals surface area contributed by atoms with Crippen molar-refractivity contribution in [2.24, 2.45) is 5.73 Å². The number of ether oxygens (including phenoxy) is 2. The molecule has 3 rings (SSSR count). The van der Waals surface area contributed by atoms with Gasteiger partial charge in [-0.2, -0.15) is 0 Å². The summed E-state index contributed by atoms with van der Waals surface area (Å²) in [6, 6.07) is 2.00. The standard InChI is InChI=1S/C15H20ClNO2/c1-9(2)12-10(15(17)5-3-4-6-15)7-11(16)13-14(12)19-8-18-13/h7,9H,3-6,8,17H2,1-2H3. The van der Waals surface area contributed by atoms with Crippen LogP contribution in [0.3, 0.4) is 0 Å². The lowest BCUT2D eigenvalue weighted by molar-refractivity contribution is 0.173. The fourth-order valence-electron chi connectivity index (χ4n) is 3.31. The molecule has 1 heterocycles. The van der Waals surface area contributed by atoms with Crippen molar-refractivity contribution in [3.63, 3.8) is 0 Å². The third kappa shape index (κ3) is 2.00. The molecule has 1 aromatic rings. The van der Waals surface area contributed by atoms with Crippen molar-refractivity contribution in [1.29, 1.82) is 0 Å². The summed E-state index contributed by atoms with van der Waals surface area (Å²) >= 11 is 6.33. The molecule has 1 aliphatic carbocycles. The van der Waals surface area contributed by atoms with Crippen molar-refractivity contribution in [2.45, 2.75) is 51.0 Å². The molecule has 0 amide bonds.